The van der Waals surface area contributed by atoms with E-state index in [0.29, 0.717) is 20.5 Å². The fourth-order valence-electron chi connectivity index (χ4n) is 2.05. The van der Waals surface area contributed by atoms with E-state index in [9.17, 15) is 14.9 Å². The minimum atomic E-state index is -0.514. The summed E-state index contributed by atoms with van der Waals surface area (Å²) in [7, 11) is 0. The van der Waals surface area contributed by atoms with Gasteiger partial charge in [-0.1, -0.05) is 35.3 Å². The minimum Gasteiger partial charge on any atom is -0.319 e. The molecule has 0 bridgehead atoms. The minimum absolute atomic E-state index is 0.0357. The van der Waals surface area contributed by atoms with Crippen LogP contribution in [0, 0.1) is 24.0 Å². The summed E-state index contributed by atoms with van der Waals surface area (Å²) in [5.74, 6) is -0.332. The summed E-state index contributed by atoms with van der Waals surface area (Å²) >= 11 is 13.3. The number of nitro groups is 1. The number of carbonyl (C=O) groups is 1. The Labute approximate surface area is 153 Å². The Bertz CT molecular complexity index is 792. The number of amides is 1. The first kappa shape index (κ1) is 18.6. The van der Waals surface area contributed by atoms with Gasteiger partial charge in [0, 0.05) is 11.0 Å². The fraction of sp³-hybridized carbons (Fsp3) is 0.188. The highest BCUT2D eigenvalue weighted by atomic mass is 35.5. The topological polar surface area (TPSA) is 72.2 Å². The zero-order valence-corrected chi connectivity index (χ0v) is 15.3. The van der Waals surface area contributed by atoms with Gasteiger partial charge in [0.25, 0.3) is 5.69 Å². The van der Waals surface area contributed by atoms with E-state index in [1.54, 1.807) is 31.2 Å². The highest BCUT2D eigenvalue weighted by Gasteiger charge is 2.19. The van der Waals surface area contributed by atoms with Crippen molar-refractivity contribution in [2.75, 3.05) is 11.1 Å². The number of hydrogen-bond donors (Lipinski definition) is 1. The summed E-state index contributed by atoms with van der Waals surface area (Å²) in [6.07, 6.45) is 0. The van der Waals surface area contributed by atoms with Gasteiger partial charge in [0.15, 0.2) is 0 Å². The molecule has 0 spiro atoms. The summed E-state index contributed by atoms with van der Waals surface area (Å²) in [4.78, 5) is 23.4. The Kier molecular flexibility index (Phi) is 6.10. The van der Waals surface area contributed by atoms with Gasteiger partial charge >= 0.3 is 0 Å². The maximum Gasteiger partial charge on any atom is 0.293 e. The first-order valence-electron chi connectivity index (χ1n) is 6.92. The number of hydrogen-bond acceptors (Lipinski definition) is 4. The summed E-state index contributed by atoms with van der Waals surface area (Å²) < 4.78 is 0. The van der Waals surface area contributed by atoms with Gasteiger partial charge < -0.3 is 5.32 Å². The van der Waals surface area contributed by atoms with E-state index in [4.69, 9.17) is 23.2 Å². The number of nitrogens with zero attached hydrogens (tertiary/aromatic N) is 1. The number of halogens is 2. The molecule has 1 amide bonds. The number of nitro benzene ring substituents is 1. The average Bonchev–Trinajstić information content (AvgIpc) is 2.51. The Morgan fingerprint density at radius 3 is 2.42 bits per heavy atom. The Balaban J connectivity index is 2.16. The van der Waals surface area contributed by atoms with Crippen LogP contribution in [0.15, 0.2) is 35.2 Å². The molecule has 8 heteroatoms. The molecule has 2 aromatic carbocycles. The SMILES string of the molecule is Cc1ccc([N+](=O)[O-])c(NC(=O)CSc2c(Cl)cccc2Cl)c1C. The highest BCUT2D eigenvalue weighted by Crippen LogP contribution is 2.34. The third-order valence-electron chi connectivity index (χ3n) is 3.44. The smallest absolute Gasteiger partial charge is 0.293 e. The monoisotopic (exact) mass is 384 g/mol. The van der Waals surface area contributed by atoms with Crippen LogP contribution in [0.2, 0.25) is 10.0 Å². The van der Waals surface area contributed by atoms with E-state index in [0.717, 1.165) is 5.56 Å². The third-order valence-corrected chi connectivity index (χ3v) is 5.43. The predicted octanol–water partition coefficient (Wildman–Crippen LogP) is 5.25. The van der Waals surface area contributed by atoms with Gasteiger partial charge in [-0.25, -0.2) is 0 Å². The van der Waals surface area contributed by atoms with Crippen LogP contribution in [0.3, 0.4) is 0 Å². The lowest BCUT2D eigenvalue weighted by Crippen LogP contribution is -2.16. The number of benzene rings is 2. The zero-order valence-electron chi connectivity index (χ0n) is 12.9. The van der Waals surface area contributed by atoms with Crippen LogP contribution in [-0.4, -0.2) is 16.6 Å². The molecular formula is C16H14Cl2N2O3S. The quantitative estimate of drug-likeness (QED) is 0.434. The van der Waals surface area contributed by atoms with Gasteiger partial charge in [-0.15, -0.1) is 11.8 Å². The average molecular weight is 385 g/mol. The molecule has 126 valence electrons. The molecular weight excluding hydrogens is 371 g/mol. The molecule has 2 rings (SSSR count). The van der Waals surface area contributed by atoms with Crippen molar-refractivity contribution < 1.29 is 9.72 Å². The largest absolute Gasteiger partial charge is 0.319 e. The van der Waals surface area contributed by atoms with Gasteiger partial charge in [0.05, 0.1) is 20.7 Å². The van der Waals surface area contributed by atoms with E-state index >= 15 is 0 Å². The zero-order chi connectivity index (χ0) is 17.9. The van der Waals surface area contributed by atoms with Crippen molar-refractivity contribution in [1.82, 2.24) is 0 Å². The second-order valence-electron chi connectivity index (χ2n) is 5.05. The van der Waals surface area contributed by atoms with Crippen LogP contribution in [0.4, 0.5) is 11.4 Å². The Morgan fingerprint density at radius 2 is 1.83 bits per heavy atom. The van der Waals surface area contributed by atoms with Gasteiger partial charge in [-0.05, 0) is 37.1 Å². The number of nitrogens with one attached hydrogen (secondary N) is 1. The van der Waals surface area contributed by atoms with Crippen molar-refractivity contribution in [2.24, 2.45) is 0 Å². The Morgan fingerprint density at radius 1 is 1.21 bits per heavy atom. The standard InChI is InChI=1S/C16H14Cl2N2O3S/c1-9-6-7-13(20(22)23)15(10(9)2)19-14(21)8-24-16-11(17)4-3-5-12(16)18/h3-7H,8H2,1-2H3,(H,19,21). The van der Waals surface area contributed by atoms with Crippen molar-refractivity contribution in [2.45, 2.75) is 18.7 Å². The van der Waals surface area contributed by atoms with Gasteiger partial charge in [-0.3, -0.25) is 14.9 Å². The summed E-state index contributed by atoms with van der Waals surface area (Å²) in [5, 5.41) is 14.7. The maximum atomic E-state index is 12.2. The molecule has 5 nitrogen and oxygen atoms in total. The van der Waals surface area contributed by atoms with E-state index in [2.05, 4.69) is 5.32 Å². The molecule has 0 heterocycles. The normalized spacial score (nSPS) is 10.5. The van der Waals surface area contributed by atoms with E-state index in [1.807, 2.05) is 6.92 Å². The molecule has 0 saturated carbocycles. The lowest BCUT2D eigenvalue weighted by atomic mass is 10.1. The summed E-state index contributed by atoms with van der Waals surface area (Å²) in [6, 6.07) is 8.12. The van der Waals surface area contributed by atoms with E-state index < -0.39 is 4.92 Å². The van der Waals surface area contributed by atoms with Crippen molar-refractivity contribution >= 4 is 52.2 Å². The number of carbonyl (C=O) groups excluding carboxylic acids is 1. The molecule has 2 aromatic rings. The van der Waals surface area contributed by atoms with Crippen LogP contribution in [0.1, 0.15) is 11.1 Å². The highest BCUT2D eigenvalue weighted by molar-refractivity contribution is 8.00. The first-order chi connectivity index (χ1) is 11.3. The van der Waals surface area contributed by atoms with Gasteiger partial charge in [0.1, 0.15) is 5.69 Å². The van der Waals surface area contributed by atoms with E-state index in [-0.39, 0.29) is 23.0 Å². The number of rotatable bonds is 5. The summed E-state index contributed by atoms with van der Waals surface area (Å²) in [6.45, 7) is 3.56. The fourth-order valence-corrected chi connectivity index (χ4v) is 3.53. The third kappa shape index (κ3) is 4.20. The van der Waals surface area contributed by atoms with Crippen molar-refractivity contribution in [3.63, 3.8) is 0 Å². The van der Waals surface area contributed by atoms with Gasteiger partial charge in [0.2, 0.25) is 5.91 Å². The Hall–Kier alpha value is -1.76. The van der Waals surface area contributed by atoms with Crippen LogP contribution < -0.4 is 5.32 Å². The molecule has 0 fully saturated rings. The van der Waals surface area contributed by atoms with Crippen molar-refractivity contribution in [1.29, 1.82) is 0 Å². The lowest BCUT2D eigenvalue weighted by molar-refractivity contribution is -0.384. The van der Waals surface area contributed by atoms with Crippen LogP contribution in [0.5, 0.6) is 0 Å². The molecule has 0 unspecified atom stereocenters. The van der Waals surface area contributed by atoms with Crippen molar-refractivity contribution in [3.05, 3.63) is 61.6 Å². The molecule has 0 aliphatic carbocycles. The maximum absolute atomic E-state index is 12.2. The van der Waals surface area contributed by atoms with Crippen LogP contribution in [0.25, 0.3) is 0 Å². The first-order valence-corrected chi connectivity index (χ1v) is 8.66. The molecule has 0 aliphatic heterocycles. The molecule has 0 aromatic heterocycles. The molecule has 24 heavy (non-hydrogen) atoms. The van der Waals surface area contributed by atoms with Crippen LogP contribution in [-0.2, 0) is 4.79 Å². The molecule has 0 radical (unpaired) electrons. The number of thioether (sulfide) groups is 1. The molecule has 0 aliphatic rings. The summed E-state index contributed by atoms with van der Waals surface area (Å²) in [5.41, 5.74) is 1.61. The lowest BCUT2D eigenvalue weighted by Gasteiger charge is -2.11. The van der Waals surface area contributed by atoms with Crippen LogP contribution >= 0.6 is 35.0 Å². The van der Waals surface area contributed by atoms with Crippen molar-refractivity contribution in [3.8, 4) is 0 Å². The van der Waals surface area contributed by atoms with E-state index in [1.165, 1.54) is 17.8 Å². The van der Waals surface area contributed by atoms with Gasteiger partial charge in [-0.2, -0.15) is 0 Å². The second kappa shape index (κ2) is 7.88. The molecule has 0 saturated heterocycles. The predicted molar refractivity (Wildman–Crippen MR) is 98.4 cm³/mol. The number of anilines is 1. The molecule has 1 N–H and O–H groups in total. The number of aryl methyl sites for hydroxylation is 1. The molecule has 0 atom stereocenters. The second-order valence-corrected chi connectivity index (χ2v) is 6.85.